The minimum Gasteiger partial charge on any atom is -0.383 e. The van der Waals surface area contributed by atoms with Crippen molar-refractivity contribution in [2.24, 2.45) is 11.3 Å². The van der Waals surface area contributed by atoms with Gasteiger partial charge in [0.05, 0.1) is 51.9 Å². The molecule has 3 saturated carbocycles. The van der Waals surface area contributed by atoms with Crippen LogP contribution in [0, 0.1) is 40.9 Å². The van der Waals surface area contributed by atoms with E-state index in [0.717, 1.165) is 47.4 Å². The highest BCUT2D eigenvalue weighted by atomic mass is 35.5. The lowest BCUT2D eigenvalue weighted by Gasteiger charge is -2.61. The maximum absolute atomic E-state index is 9.84. The lowest BCUT2D eigenvalue weighted by Crippen LogP contribution is -2.59. The highest BCUT2D eigenvalue weighted by molar-refractivity contribution is 6.32. The summed E-state index contributed by atoms with van der Waals surface area (Å²) in [4.78, 5) is 4.69. The van der Waals surface area contributed by atoms with Crippen molar-refractivity contribution in [1.82, 2.24) is 20.0 Å². The number of anilines is 2. The zero-order valence-corrected chi connectivity index (χ0v) is 23.8. The van der Waals surface area contributed by atoms with Crippen molar-refractivity contribution in [2.75, 3.05) is 17.2 Å². The van der Waals surface area contributed by atoms with Crippen LogP contribution in [0.25, 0.3) is 10.9 Å². The van der Waals surface area contributed by atoms with Gasteiger partial charge in [-0.25, -0.2) is 4.68 Å². The number of benzene rings is 2. The fraction of sp³-hybridized carbons (Fsp3) is 0.387. The average molecular weight is 551 g/mol. The van der Waals surface area contributed by atoms with Crippen molar-refractivity contribution in [3.05, 3.63) is 75.7 Å². The van der Waals surface area contributed by atoms with E-state index in [4.69, 9.17) is 16.6 Å². The molecule has 3 aliphatic carbocycles. The van der Waals surface area contributed by atoms with Crippen LogP contribution >= 0.6 is 11.6 Å². The van der Waals surface area contributed by atoms with Gasteiger partial charge in [-0.2, -0.15) is 10.5 Å². The first-order valence-electron chi connectivity index (χ1n) is 13.6. The van der Waals surface area contributed by atoms with Crippen LogP contribution in [0.2, 0.25) is 5.02 Å². The summed E-state index contributed by atoms with van der Waals surface area (Å²) in [5.74, 6) is 0.819. The molecule has 9 heteroatoms. The molecule has 1 atom stereocenters. The quantitative estimate of drug-likeness (QED) is 0.263. The SMILES string of the molecule is Cc1c(C#N)cccc1[C@H](Nc1cc(Cl)cc2c(NCC(C)(C)C)c(C#N)cnc12)c1cn(C23CC(C2)C3)nn1. The fourth-order valence-electron chi connectivity index (χ4n) is 5.91. The van der Waals surface area contributed by atoms with Crippen LogP contribution in [0.5, 0.6) is 0 Å². The van der Waals surface area contributed by atoms with Gasteiger partial charge in [0.1, 0.15) is 11.8 Å². The Balaban J connectivity index is 1.47. The van der Waals surface area contributed by atoms with Gasteiger partial charge in [-0.1, -0.05) is 49.7 Å². The van der Waals surface area contributed by atoms with Crippen LogP contribution in [0.1, 0.15) is 74.0 Å². The summed E-state index contributed by atoms with van der Waals surface area (Å²) in [6.07, 6.45) is 7.11. The molecule has 3 aliphatic rings. The zero-order chi connectivity index (χ0) is 28.2. The van der Waals surface area contributed by atoms with E-state index in [1.807, 2.05) is 48.1 Å². The number of fused-ring (bicyclic) bond motifs is 1. The summed E-state index contributed by atoms with van der Waals surface area (Å²) in [5, 5.41) is 37.2. The van der Waals surface area contributed by atoms with Crippen LogP contribution in [-0.4, -0.2) is 26.5 Å². The summed E-state index contributed by atoms with van der Waals surface area (Å²) >= 11 is 6.68. The lowest BCUT2D eigenvalue weighted by atomic mass is 9.50. The highest BCUT2D eigenvalue weighted by Gasteiger charge is 2.58. The Bertz CT molecular complexity index is 1700. The van der Waals surface area contributed by atoms with Crippen LogP contribution in [-0.2, 0) is 5.54 Å². The third-order valence-corrected chi connectivity index (χ3v) is 8.48. The lowest BCUT2D eigenvalue weighted by molar-refractivity contribution is -0.0989. The van der Waals surface area contributed by atoms with E-state index >= 15 is 0 Å². The maximum atomic E-state index is 9.84. The number of nitrogens with zero attached hydrogens (tertiary/aromatic N) is 6. The number of hydrogen-bond acceptors (Lipinski definition) is 7. The van der Waals surface area contributed by atoms with Crippen LogP contribution in [0.4, 0.5) is 11.4 Å². The van der Waals surface area contributed by atoms with Crippen molar-refractivity contribution < 1.29 is 0 Å². The van der Waals surface area contributed by atoms with Crippen molar-refractivity contribution >= 4 is 33.9 Å². The number of pyridine rings is 1. The molecule has 2 aromatic carbocycles. The summed E-state index contributed by atoms with van der Waals surface area (Å²) in [7, 11) is 0. The number of hydrogen-bond donors (Lipinski definition) is 2. The maximum Gasteiger partial charge on any atom is 0.110 e. The Morgan fingerprint density at radius 2 is 1.90 bits per heavy atom. The molecule has 2 heterocycles. The number of rotatable bonds is 7. The van der Waals surface area contributed by atoms with E-state index in [1.165, 1.54) is 0 Å². The summed E-state index contributed by atoms with van der Waals surface area (Å²) in [6.45, 7) is 9.04. The van der Waals surface area contributed by atoms with E-state index in [-0.39, 0.29) is 11.0 Å². The van der Waals surface area contributed by atoms with Crippen molar-refractivity contribution in [2.45, 2.75) is 58.5 Å². The Kier molecular flexibility index (Phi) is 6.20. The molecule has 8 nitrogen and oxygen atoms in total. The monoisotopic (exact) mass is 550 g/mol. The second-order valence-electron chi connectivity index (χ2n) is 12.4. The highest BCUT2D eigenvalue weighted by Crippen LogP contribution is 2.62. The minimum absolute atomic E-state index is 0.00256. The number of halogens is 1. The van der Waals surface area contributed by atoms with Gasteiger partial charge in [-0.3, -0.25) is 4.98 Å². The van der Waals surface area contributed by atoms with Gasteiger partial charge in [0.25, 0.3) is 0 Å². The van der Waals surface area contributed by atoms with Gasteiger partial charge < -0.3 is 10.6 Å². The first-order chi connectivity index (χ1) is 19.1. The first kappa shape index (κ1) is 26.1. The number of aromatic nitrogens is 4. The minimum atomic E-state index is -0.403. The fourth-order valence-corrected chi connectivity index (χ4v) is 6.13. The smallest absolute Gasteiger partial charge is 0.110 e. The van der Waals surface area contributed by atoms with Crippen molar-refractivity contribution in [3.8, 4) is 12.1 Å². The van der Waals surface area contributed by atoms with E-state index in [9.17, 15) is 10.5 Å². The summed E-state index contributed by atoms with van der Waals surface area (Å²) < 4.78 is 2.03. The predicted molar refractivity (Wildman–Crippen MR) is 156 cm³/mol. The standard InChI is InChI=1S/C31H31ClN8/c1-18-20(13-33)6-5-7-23(18)29(26-16-40(39-38-26)31-10-19(11-31)12-31)37-25-9-22(32)8-24-27(36-17-30(2,3)4)21(14-34)15-35-28(24)25/h5-9,15-16,19,29,37H,10-12,17H2,1-4H3,(H,35,36)/t19?,29-,31?/m0/s1. The molecule has 202 valence electrons. The molecule has 0 unspecified atom stereocenters. The summed E-state index contributed by atoms with van der Waals surface area (Å²) in [6, 6.07) is 13.6. The first-order valence-corrected chi connectivity index (χ1v) is 13.9. The Morgan fingerprint density at radius 1 is 1.15 bits per heavy atom. The Morgan fingerprint density at radius 3 is 2.55 bits per heavy atom. The molecule has 0 amide bonds. The van der Waals surface area contributed by atoms with Gasteiger partial charge >= 0.3 is 0 Å². The van der Waals surface area contributed by atoms with Gasteiger partial charge in [0, 0.05) is 23.2 Å². The molecule has 2 aromatic heterocycles. The molecule has 7 rings (SSSR count). The third-order valence-electron chi connectivity index (χ3n) is 8.26. The zero-order valence-electron chi connectivity index (χ0n) is 23.1. The van der Waals surface area contributed by atoms with Gasteiger partial charge in [-0.15, -0.1) is 5.10 Å². The van der Waals surface area contributed by atoms with Crippen LogP contribution in [0.15, 0.2) is 42.7 Å². The van der Waals surface area contributed by atoms with Gasteiger partial charge in [0.15, 0.2) is 0 Å². The largest absolute Gasteiger partial charge is 0.383 e. The molecule has 0 radical (unpaired) electrons. The van der Waals surface area contributed by atoms with E-state index in [2.05, 4.69) is 53.9 Å². The molecule has 0 saturated heterocycles. The average Bonchev–Trinajstić information content (AvgIpc) is 3.32. The normalized spacial score (nSPS) is 20.1. The molecule has 4 aromatic rings. The number of nitrogens with one attached hydrogen (secondary N) is 2. The number of nitriles is 2. The molecule has 40 heavy (non-hydrogen) atoms. The Labute approximate surface area is 239 Å². The second kappa shape index (κ2) is 9.50. The van der Waals surface area contributed by atoms with E-state index < -0.39 is 6.04 Å². The van der Waals surface area contributed by atoms with E-state index in [1.54, 1.807) is 6.20 Å². The van der Waals surface area contributed by atoms with Crippen LogP contribution < -0.4 is 10.6 Å². The molecular formula is C31H31ClN8. The Hall–Kier alpha value is -4.14. The van der Waals surface area contributed by atoms with Crippen molar-refractivity contribution in [1.29, 1.82) is 10.5 Å². The van der Waals surface area contributed by atoms with Crippen molar-refractivity contribution in [3.63, 3.8) is 0 Å². The molecule has 2 N–H and O–H groups in total. The van der Waals surface area contributed by atoms with Gasteiger partial charge in [0.2, 0.25) is 0 Å². The molecule has 3 fully saturated rings. The molecule has 0 aliphatic heterocycles. The second-order valence-corrected chi connectivity index (χ2v) is 12.9. The predicted octanol–water partition coefficient (Wildman–Crippen LogP) is 6.70. The molecule has 0 spiro atoms. The third kappa shape index (κ3) is 4.43. The molecular weight excluding hydrogens is 520 g/mol. The molecule has 2 bridgehead atoms. The van der Waals surface area contributed by atoms with Crippen LogP contribution in [0.3, 0.4) is 0 Å². The van der Waals surface area contributed by atoms with Gasteiger partial charge in [-0.05, 0) is 66.8 Å². The van der Waals surface area contributed by atoms with E-state index in [0.29, 0.717) is 39.6 Å². The topological polar surface area (TPSA) is 115 Å². The summed E-state index contributed by atoms with van der Waals surface area (Å²) in [5.41, 5.74) is 5.84.